The van der Waals surface area contributed by atoms with E-state index in [1.807, 2.05) is 0 Å². The summed E-state index contributed by atoms with van der Waals surface area (Å²) in [5.74, 6) is -1.86. The maximum atomic E-state index is 11.1. The van der Waals surface area contributed by atoms with Crippen LogP contribution in [0.1, 0.15) is 0 Å². The van der Waals surface area contributed by atoms with E-state index in [0.717, 1.165) is 14.2 Å². The highest BCUT2D eigenvalue weighted by molar-refractivity contribution is 5.87. The standard InChI is InChI=1S/C8H6N6O8/c1-21-7-4(12(15)16)3(10-11-9)5(13(17)18)8(22-2)6(7)14(19)20/h1-2H3. The largest absolute Gasteiger partial charge is 0.485 e. The molecule has 1 aromatic rings. The van der Waals surface area contributed by atoms with Crippen LogP contribution in [0.3, 0.4) is 0 Å². The molecule has 0 saturated carbocycles. The van der Waals surface area contributed by atoms with Crippen molar-refractivity contribution in [3.8, 4) is 11.5 Å². The predicted molar refractivity (Wildman–Crippen MR) is 68.3 cm³/mol. The molecular weight excluding hydrogens is 308 g/mol. The SMILES string of the molecule is COc1c([N+](=O)[O-])c(N=[N+]=[N-])c([N+](=O)[O-])c(OC)c1[N+](=O)[O-]. The summed E-state index contributed by atoms with van der Waals surface area (Å²) < 4.78 is 9.19. The van der Waals surface area contributed by atoms with Gasteiger partial charge in [0.15, 0.2) is 0 Å². The fourth-order valence-corrected chi connectivity index (χ4v) is 1.69. The van der Waals surface area contributed by atoms with E-state index in [9.17, 15) is 30.3 Å². The zero-order valence-electron chi connectivity index (χ0n) is 10.9. The van der Waals surface area contributed by atoms with E-state index in [2.05, 4.69) is 19.5 Å². The second kappa shape index (κ2) is 6.19. The van der Waals surface area contributed by atoms with Crippen molar-refractivity contribution in [1.82, 2.24) is 0 Å². The summed E-state index contributed by atoms with van der Waals surface area (Å²) in [4.78, 5) is 32.0. The monoisotopic (exact) mass is 314 g/mol. The molecule has 0 atom stereocenters. The second-order valence-electron chi connectivity index (χ2n) is 3.42. The third-order valence-corrected chi connectivity index (χ3v) is 2.41. The number of methoxy groups -OCH3 is 2. The van der Waals surface area contributed by atoms with Gasteiger partial charge in [0.2, 0.25) is 5.69 Å². The van der Waals surface area contributed by atoms with E-state index in [4.69, 9.17) is 5.53 Å². The average Bonchev–Trinajstić information content (AvgIpc) is 2.44. The molecule has 0 aromatic heterocycles. The summed E-state index contributed by atoms with van der Waals surface area (Å²) in [6.07, 6.45) is 0. The van der Waals surface area contributed by atoms with Crippen LogP contribution in [0.15, 0.2) is 5.11 Å². The van der Waals surface area contributed by atoms with Gasteiger partial charge in [0.25, 0.3) is 11.5 Å². The van der Waals surface area contributed by atoms with Gasteiger partial charge in [-0.1, -0.05) is 0 Å². The van der Waals surface area contributed by atoms with Crippen molar-refractivity contribution in [3.63, 3.8) is 0 Å². The summed E-state index contributed by atoms with van der Waals surface area (Å²) in [6, 6.07) is 0. The van der Waals surface area contributed by atoms with Crippen LogP contribution in [0, 0.1) is 30.3 Å². The summed E-state index contributed by atoms with van der Waals surface area (Å²) in [5.41, 5.74) is 3.83. The second-order valence-corrected chi connectivity index (χ2v) is 3.42. The lowest BCUT2D eigenvalue weighted by atomic mass is 10.1. The summed E-state index contributed by atoms with van der Waals surface area (Å²) in [6.45, 7) is 0. The number of rotatable bonds is 6. The maximum absolute atomic E-state index is 11.1. The first-order chi connectivity index (χ1) is 10.3. The van der Waals surface area contributed by atoms with Crippen LogP contribution in [0.25, 0.3) is 10.4 Å². The Morgan fingerprint density at radius 1 is 0.909 bits per heavy atom. The molecule has 0 unspecified atom stereocenters. The van der Waals surface area contributed by atoms with E-state index in [-0.39, 0.29) is 0 Å². The van der Waals surface area contributed by atoms with Gasteiger partial charge in [-0.25, -0.2) is 0 Å². The Morgan fingerprint density at radius 3 is 1.50 bits per heavy atom. The maximum Gasteiger partial charge on any atom is 0.367 e. The molecule has 0 aliphatic rings. The molecule has 1 rings (SSSR count). The van der Waals surface area contributed by atoms with Gasteiger partial charge < -0.3 is 9.47 Å². The van der Waals surface area contributed by atoms with Gasteiger partial charge in [-0.3, -0.25) is 30.3 Å². The molecule has 1 aromatic carbocycles. The topological polar surface area (TPSA) is 197 Å². The molecule has 14 heteroatoms. The third kappa shape index (κ3) is 2.48. The fraction of sp³-hybridized carbons (Fsp3) is 0.250. The fourth-order valence-electron chi connectivity index (χ4n) is 1.69. The van der Waals surface area contributed by atoms with Gasteiger partial charge in [0.1, 0.15) is 0 Å². The highest BCUT2D eigenvalue weighted by Gasteiger charge is 2.43. The summed E-state index contributed by atoms with van der Waals surface area (Å²) in [5, 5.41) is 36.1. The lowest BCUT2D eigenvalue weighted by Crippen LogP contribution is -2.05. The van der Waals surface area contributed by atoms with Crippen LogP contribution in [0.4, 0.5) is 22.7 Å². The molecule has 14 nitrogen and oxygen atoms in total. The molecule has 0 fully saturated rings. The Kier molecular flexibility index (Phi) is 4.61. The molecule has 22 heavy (non-hydrogen) atoms. The number of nitrogens with zero attached hydrogens (tertiary/aromatic N) is 6. The first-order valence-corrected chi connectivity index (χ1v) is 5.11. The highest BCUT2D eigenvalue weighted by Crippen LogP contribution is 2.56. The van der Waals surface area contributed by atoms with Crippen molar-refractivity contribution in [2.45, 2.75) is 0 Å². The molecule has 0 radical (unpaired) electrons. The minimum Gasteiger partial charge on any atom is -0.485 e. The van der Waals surface area contributed by atoms with Crippen LogP contribution in [0.2, 0.25) is 0 Å². The normalized spacial score (nSPS) is 9.55. The first kappa shape index (κ1) is 16.4. The molecule has 0 N–H and O–H groups in total. The smallest absolute Gasteiger partial charge is 0.367 e. The Morgan fingerprint density at radius 2 is 1.27 bits per heavy atom. The van der Waals surface area contributed by atoms with Crippen molar-refractivity contribution >= 4 is 22.7 Å². The summed E-state index contributed by atoms with van der Waals surface area (Å²) in [7, 11) is 1.75. The molecule has 0 amide bonds. The number of hydrogen-bond donors (Lipinski definition) is 0. The van der Waals surface area contributed by atoms with Crippen LogP contribution in [-0.2, 0) is 0 Å². The van der Waals surface area contributed by atoms with Gasteiger partial charge in [0.05, 0.1) is 29.0 Å². The van der Waals surface area contributed by atoms with Crippen molar-refractivity contribution in [1.29, 1.82) is 0 Å². The van der Waals surface area contributed by atoms with Crippen molar-refractivity contribution in [3.05, 3.63) is 40.8 Å². The highest BCUT2D eigenvalue weighted by atomic mass is 16.6. The van der Waals surface area contributed by atoms with Crippen molar-refractivity contribution in [2.75, 3.05) is 14.2 Å². The van der Waals surface area contributed by atoms with E-state index >= 15 is 0 Å². The first-order valence-electron chi connectivity index (χ1n) is 5.11. The Hall–Kier alpha value is -3.67. The van der Waals surface area contributed by atoms with Crippen LogP contribution in [-0.4, -0.2) is 29.0 Å². The van der Waals surface area contributed by atoms with Gasteiger partial charge in [-0.15, -0.1) is 0 Å². The average molecular weight is 314 g/mol. The zero-order chi connectivity index (χ0) is 17.0. The number of benzene rings is 1. The molecule has 0 aliphatic carbocycles. The molecular formula is C8H6N6O8. The van der Waals surface area contributed by atoms with E-state index < -0.39 is 49.0 Å². The van der Waals surface area contributed by atoms with Gasteiger partial charge in [0, 0.05) is 4.91 Å². The third-order valence-electron chi connectivity index (χ3n) is 2.41. The molecule has 0 bridgehead atoms. The molecule has 0 spiro atoms. The van der Waals surface area contributed by atoms with Crippen LogP contribution >= 0.6 is 0 Å². The Bertz CT molecular complexity index is 681. The Balaban J connectivity index is 4.24. The number of azide groups is 1. The number of hydrogen-bond acceptors (Lipinski definition) is 9. The van der Waals surface area contributed by atoms with Crippen LogP contribution < -0.4 is 9.47 Å². The van der Waals surface area contributed by atoms with E-state index in [1.54, 1.807) is 0 Å². The van der Waals surface area contributed by atoms with E-state index in [0.29, 0.717) is 0 Å². The van der Waals surface area contributed by atoms with Gasteiger partial charge >= 0.3 is 17.1 Å². The lowest BCUT2D eigenvalue weighted by molar-refractivity contribution is -0.404. The van der Waals surface area contributed by atoms with Crippen molar-refractivity contribution in [2.24, 2.45) is 5.11 Å². The molecule has 116 valence electrons. The molecule has 0 aliphatic heterocycles. The Labute approximate surface area is 119 Å². The van der Waals surface area contributed by atoms with Gasteiger partial charge in [-0.2, -0.15) is 0 Å². The minimum absolute atomic E-state index is 0.875. The number of ether oxygens (including phenoxy) is 2. The van der Waals surface area contributed by atoms with Crippen LogP contribution in [0.5, 0.6) is 11.5 Å². The molecule has 0 saturated heterocycles. The number of nitro groups is 3. The number of nitro benzene ring substituents is 3. The summed E-state index contributed by atoms with van der Waals surface area (Å²) >= 11 is 0. The van der Waals surface area contributed by atoms with E-state index in [1.165, 1.54) is 0 Å². The minimum atomic E-state index is -1.21. The zero-order valence-corrected chi connectivity index (χ0v) is 10.9. The van der Waals surface area contributed by atoms with Crippen molar-refractivity contribution < 1.29 is 24.2 Å². The van der Waals surface area contributed by atoms with Gasteiger partial charge in [-0.05, 0) is 10.6 Å². The lowest BCUT2D eigenvalue weighted by Gasteiger charge is -2.09. The predicted octanol–water partition coefficient (Wildman–Crippen LogP) is 2.37. The molecule has 0 heterocycles. The quantitative estimate of drug-likeness (QED) is 0.250.